The molecule has 0 saturated heterocycles. The minimum atomic E-state index is -4.84. The molecule has 0 spiro atoms. The van der Waals surface area contributed by atoms with Crippen LogP contribution in [-0.4, -0.2) is 12.1 Å². The van der Waals surface area contributed by atoms with E-state index in [4.69, 9.17) is 0 Å². The number of hydrogen-bond acceptors (Lipinski definition) is 1. The zero-order valence-corrected chi connectivity index (χ0v) is 9.29. The molecule has 1 amide bonds. The summed E-state index contributed by atoms with van der Waals surface area (Å²) in [7, 11) is 0. The van der Waals surface area contributed by atoms with Crippen molar-refractivity contribution in [3.05, 3.63) is 48.0 Å². The molecular formula is C13H10F3NO. The molecule has 2 aromatic carbocycles. The lowest BCUT2D eigenvalue weighted by Crippen LogP contribution is -2.36. The van der Waals surface area contributed by atoms with Crippen molar-refractivity contribution >= 4 is 16.7 Å². The summed E-state index contributed by atoms with van der Waals surface area (Å²) in [5.41, 5.74) is 0.658. The minimum Gasteiger partial charge on any atom is -0.344 e. The van der Waals surface area contributed by atoms with Gasteiger partial charge in [0, 0.05) is 6.54 Å². The van der Waals surface area contributed by atoms with Crippen LogP contribution < -0.4 is 5.32 Å². The molecule has 0 aliphatic carbocycles. The first-order valence-electron chi connectivity index (χ1n) is 5.30. The first-order chi connectivity index (χ1) is 8.48. The second kappa shape index (κ2) is 4.68. The number of alkyl halides is 3. The maximum absolute atomic E-state index is 12.1. The van der Waals surface area contributed by atoms with E-state index in [0.717, 1.165) is 10.8 Å². The Hall–Kier alpha value is -2.04. The minimum absolute atomic E-state index is 0.139. The highest BCUT2D eigenvalue weighted by Gasteiger charge is 2.38. The van der Waals surface area contributed by atoms with E-state index in [1.807, 2.05) is 29.6 Å². The first-order valence-corrected chi connectivity index (χ1v) is 5.30. The van der Waals surface area contributed by atoms with Crippen LogP contribution in [0.2, 0.25) is 0 Å². The first kappa shape index (κ1) is 12.4. The molecule has 0 saturated carbocycles. The molecule has 0 aromatic heterocycles. The number of carbonyl (C=O) groups is 1. The van der Waals surface area contributed by atoms with E-state index in [2.05, 4.69) is 0 Å². The molecule has 0 radical (unpaired) electrons. The van der Waals surface area contributed by atoms with Crippen molar-refractivity contribution in [2.45, 2.75) is 12.7 Å². The Kier molecular flexibility index (Phi) is 3.23. The average Bonchev–Trinajstić information content (AvgIpc) is 2.34. The fourth-order valence-corrected chi connectivity index (χ4v) is 1.72. The summed E-state index contributed by atoms with van der Waals surface area (Å²) in [6, 6.07) is 12.6. The van der Waals surface area contributed by atoms with Gasteiger partial charge in [-0.25, -0.2) is 0 Å². The molecule has 2 rings (SSSR count). The van der Waals surface area contributed by atoms with Crippen molar-refractivity contribution in [2.75, 3.05) is 0 Å². The van der Waals surface area contributed by atoms with E-state index in [1.165, 1.54) is 0 Å². The molecule has 5 heteroatoms. The SMILES string of the molecule is O=C(NCc1cccc2ccccc12)C(F)(F)F. The fourth-order valence-electron chi connectivity index (χ4n) is 1.72. The van der Waals surface area contributed by atoms with Gasteiger partial charge in [-0.3, -0.25) is 4.79 Å². The van der Waals surface area contributed by atoms with E-state index in [9.17, 15) is 18.0 Å². The number of rotatable bonds is 2. The van der Waals surface area contributed by atoms with Crippen LogP contribution in [0.15, 0.2) is 42.5 Å². The Morgan fingerprint density at radius 1 is 1.06 bits per heavy atom. The molecule has 0 aliphatic rings. The lowest BCUT2D eigenvalue weighted by atomic mass is 10.0. The number of hydrogen-bond donors (Lipinski definition) is 1. The Balaban J connectivity index is 2.20. The highest BCUT2D eigenvalue weighted by molar-refractivity contribution is 5.86. The van der Waals surface area contributed by atoms with Crippen molar-refractivity contribution in [3.8, 4) is 0 Å². The fraction of sp³-hybridized carbons (Fsp3) is 0.154. The van der Waals surface area contributed by atoms with Gasteiger partial charge in [-0.05, 0) is 16.3 Å². The molecule has 2 aromatic rings. The van der Waals surface area contributed by atoms with Crippen LogP contribution >= 0.6 is 0 Å². The second-order valence-electron chi connectivity index (χ2n) is 3.82. The van der Waals surface area contributed by atoms with Gasteiger partial charge in [-0.2, -0.15) is 13.2 Å². The van der Waals surface area contributed by atoms with Crippen LogP contribution in [0.5, 0.6) is 0 Å². The Bertz CT molecular complexity index is 572. The molecule has 0 heterocycles. The number of fused-ring (bicyclic) bond motifs is 1. The monoisotopic (exact) mass is 253 g/mol. The molecule has 0 atom stereocenters. The van der Waals surface area contributed by atoms with Crippen LogP contribution in [0.25, 0.3) is 10.8 Å². The third-order valence-corrected chi connectivity index (χ3v) is 2.58. The van der Waals surface area contributed by atoms with Crippen molar-refractivity contribution in [1.29, 1.82) is 0 Å². The molecule has 0 bridgehead atoms. The van der Waals surface area contributed by atoms with Crippen molar-refractivity contribution in [2.24, 2.45) is 0 Å². The standard InChI is InChI=1S/C13H10F3NO/c14-13(15,16)12(18)17-8-10-6-3-5-9-4-1-2-7-11(9)10/h1-7H,8H2,(H,17,18). The largest absolute Gasteiger partial charge is 0.471 e. The molecule has 0 unspecified atom stereocenters. The number of carbonyl (C=O) groups excluding carboxylic acids is 1. The number of halogens is 3. The third-order valence-electron chi connectivity index (χ3n) is 2.58. The highest BCUT2D eigenvalue weighted by atomic mass is 19.4. The van der Waals surface area contributed by atoms with E-state index >= 15 is 0 Å². The lowest BCUT2D eigenvalue weighted by molar-refractivity contribution is -0.173. The lowest BCUT2D eigenvalue weighted by Gasteiger charge is -2.09. The molecule has 0 fully saturated rings. The molecule has 1 N–H and O–H groups in total. The number of benzene rings is 2. The van der Waals surface area contributed by atoms with E-state index in [1.54, 1.807) is 18.2 Å². The van der Waals surface area contributed by atoms with Gasteiger partial charge in [0.1, 0.15) is 0 Å². The summed E-state index contributed by atoms with van der Waals surface area (Å²) < 4.78 is 36.2. The van der Waals surface area contributed by atoms with Gasteiger partial charge < -0.3 is 5.32 Å². The van der Waals surface area contributed by atoms with Crippen LogP contribution in [-0.2, 0) is 11.3 Å². The Morgan fingerprint density at radius 3 is 2.44 bits per heavy atom. The van der Waals surface area contributed by atoms with Gasteiger partial charge in [0.2, 0.25) is 0 Å². The summed E-state index contributed by atoms with van der Waals surface area (Å²) in [5.74, 6) is -1.92. The van der Waals surface area contributed by atoms with Crippen molar-refractivity contribution < 1.29 is 18.0 Å². The van der Waals surface area contributed by atoms with E-state index < -0.39 is 12.1 Å². The summed E-state index contributed by atoms with van der Waals surface area (Å²) in [5, 5.41) is 3.63. The smallest absolute Gasteiger partial charge is 0.344 e. The molecule has 2 nitrogen and oxygen atoms in total. The van der Waals surface area contributed by atoms with Gasteiger partial charge in [0.15, 0.2) is 0 Å². The van der Waals surface area contributed by atoms with Gasteiger partial charge >= 0.3 is 12.1 Å². The van der Waals surface area contributed by atoms with Gasteiger partial charge in [-0.1, -0.05) is 42.5 Å². The third kappa shape index (κ3) is 2.61. The molecule has 18 heavy (non-hydrogen) atoms. The van der Waals surface area contributed by atoms with E-state index in [0.29, 0.717) is 5.56 Å². The topological polar surface area (TPSA) is 29.1 Å². The normalized spacial score (nSPS) is 11.5. The summed E-state index contributed by atoms with van der Waals surface area (Å²) >= 11 is 0. The quantitative estimate of drug-likeness (QED) is 0.875. The van der Waals surface area contributed by atoms with Crippen LogP contribution in [0.1, 0.15) is 5.56 Å². The van der Waals surface area contributed by atoms with E-state index in [-0.39, 0.29) is 6.54 Å². The summed E-state index contributed by atoms with van der Waals surface area (Å²) in [6.45, 7) is -0.139. The van der Waals surface area contributed by atoms with Gasteiger partial charge in [-0.15, -0.1) is 0 Å². The zero-order chi connectivity index (χ0) is 13.2. The van der Waals surface area contributed by atoms with Crippen molar-refractivity contribution in [3.63, 3.8) is 0 Å². The summed E-state index contributed by atoms with van der Waals surface area (Å²) in [6.07, 6.45) is -4.84. The van der Waals surface area contributed by atoms with Gasteiger partial charge in [0.25, 0.3) is 0 Å². The maximum Gasteiger partial charge on any atom is 0.471 e. The molecule has 94 valence electrons. The predicted octanol–water partition coefficient (Wildman–Crippen LogP) is 3.02. The Morgan fingerprint density at radius 2 is 1.72 bits per heavy atom. The average molecular weight is 253 g/mol. The number of nitrogens with one attached hydrogen (secondary N) is 1. The molecule has 0 aliphatic heterocycles. The highest BCUT2D eigenvalue weighted by Crippen LogP contribution is 2.19. The predicted molar refractivity (Wildman–Crippen MR) is 61.8 cm³/mol. The number of amides is 1. The zero-order valence-electron chi connectivity index (χ0n) is 9.29. The van der Waals surface area contributed by atoms with Crippen LogP contribution in [0.3, 0.4) is 0 Å². The van der Waals surface area contributed by atoms with Crippen molar-refractivity contribution in [1.82, 2.24) is 5.32 Å². The second-order valence-corrected chi connectivity index (χ2v) is 3.82. The Labute approximate surface area is 101 Å². The molecular weight excluding hydrogens is 243 g/mol. The van der Waals surface area contributed by atoms with Crippen LogP contribution in [0.4, 0.5) is 13.2 Å². The van der Waals surface area contributed by atoms with Crippen LogP contribution in [0, 0.1) is 0 Å². The maximum atomic E-state index is 12.1. The summed E-state index contributed by atoms with van der Waals surface area (Å²) in [4.78, 5) is 10.7. The van der Waals surface area contributed by atoms with Gasteiger partial charge in [0.05, 0.1) is 0 Å².